The highest BCUT2D eigenvalue weighted by molar-refractivity contribution is 6.31. The van der Waals surface area contributed by atoms with Crippen LogP contribution in [0, 0.1) is 6.92 Å². The summed E-state index contributed by atoms with van der Waals surface area (Å²) in [5, 5.41) is 1.43. The molecule has 100 valence electrons. The van der Waals surface area contributed by atoms with Gasteiger partial charge >= 0.3 is 0 Å². The van der Waals surface area contributed by atoms with Crippen molar-refractivity contribution in [3.05, 3.63) is 63.6 Å². The highest BCUT2D eigenvalue weighted by Crippen LogP contribution is 2.22. The normalized spacial score (nSPS) is 12.2. The fourth-order valence-electron chi connectivity index (χ4n) is 1.70. The van der Waals surface area contributed by atoms with Crippen LogP contribution in [0.3, 0.4) is 0 Å². The van der Waals surface area contributed by atoms with E-state index < -0.39 is 0 Å². The first-order valence-electron chi connectivity index (χ1n) is 5.96. The lowest BCUT2D eigenvalue weighted by atomic mass is 10.1. The first kappa shape index (κ1) is 14.2. The molecule has 19 heavy (non-hydrogen) atoms. The van der Waals surface area contributed by atoms with Crippen molar-refractivity contribution in [3.8, 4) is 5.75 Å². The minimum Gasteiger partial charge on any atom is -0.492 e. The largest absolute Gasteiger partial charge is 0.492 e. The molecule has 2 aromatic rings. The van der Waals surface area contributed by atoms with Gasteiger partial charge in [0.1, 0.15) is 12.4 Å². The molecule has 4 heteroatoms. The molecule has 2 aromatic carbocycles. The standard InChI is InChI=1S/C15H15Cl2NO/c1-10-8-13(6-7-14(10)17)19-9-15(18)11-2-4-12(16)5-3-11/h2-8,15H,9,18H2,1H3. The molecule has 2 nitrogen and oxygen atoms in total. The van der Waals surface area contributed by atoms with Crippen LogP contribution in [-0.2, 0) is 0 Å². The Balaban J connectivity index is 1.98. The maximum atomic E-state index is 6.07. The lowest BCUT2D eigenvalue weighted by Gasteiger charge is -2.14. The maximum absolute atomic E-state index is 6.07. The predicted octanol–water partition coefficient (Wildman–Crippen LogP) is 4.38. The van der Waals surface area contributed by atoms with Gasteiger partial charge in [0.05, 0.1) is 6.04 Å². The molecular formula is C15H15Cl2NO. The Morgan fingerprint density at radius 2 is 1.79 bits per heavy atom. The molecule has 0 fully saturated rings. The molecule has 0 heterocycles. The van der Waals surface area contributed by atoms with Crippen LogP contribution in [0.5, 0.6) is 5.75 Å². The zero-order valence-corrected chi connectivity index (χ0v) is 12.1. The van der Waals surface area contributed by atoms with Gasteiger partial charge in [-0.3, -0.25) is 0 Å². The number of rotatable bonds is 4. The highest BCUT2D eigenvalue weighted by atomic mass is 35.5. The summed E-state index contributed by atoms with van der Waals surface area (Å²) < 4.78 is 5.67. The molecule has 2 N–H and O–H groups in total. The van der Waals surface area contributed by atoms with E-state index >= 15 is 0 Å². The Morgan fingerprint density at radius 1 is 1.11 bits per heavy atom. The van der Waals surface area contributed by atoms with Crippen molar-refractivity contribution in [1.29, 1.82) is 0 Å². The summed E-state index contributed by atoms with van der Waals surface area (Å²) in [4.78, 5) is 0. The summed E-state index contributed by atoms with van der Waals surface area (Å²) in [7, 11) is 0. The van der Waals surface area contributed by atoms with E-state index in [4.69, 9.17) is 33.7 Å². The third kappa shape index (κ3) is 3.87. The molecule has 0 saturated heterocycles. The molecule has 0 spiro atoms. The van der Waals surface area contributed by atoms with Crippen molar-refractivity contribution in [1.82, 2.24) is 0 Å². The predicted molar refractivity (Wildman–Crippen MR) is 80.1 cm³/mol. The lowest BCUT2D eigenvalue weighted by Crippen LogP contribution is -2.18. The second kappa shape index (κ2) is 6.29. The van der Waals surface area contributed by atoms with E-state index in [1.807, 2.05) is 49.4 Å². The lowest BCUT2D eigenvalue weighted by molar-refractivity contribution is 0.290. The van der Waals surface area contributed by atoms with Gasteiger partial charge in [-0.1, -0.05) is 35.3 Å². The maximum Gasteiger partial charge on any atom is 0.119 e. The van der Waals surface area contributed by atoms with Crippen LogP contribution in [0.15, 0.2) is 42.5 Å². The second-order valence-electron chi connectivity index (χ2n) is 4.38. The molecule has 0 bridgehead atoms. The number of nitrogens with two attached hydrogens (primary N) is 1. The Kier molecular flexibility index (Phi) is 4.70. The van der Waals surface area contributed by atoms with Gasteiger partial charge in [0.25, 0.3) is 0 Å². The van der Waals surface area contributed by atoms with Gasteiger partial charge in [0, 0.05) is 10.0 Å². The minimum absolute atomic E-state index is 0.187. The van der Waals surface area contributed by atoms with E-state index in [1.54, 1.807) is 0 Å². The van der Waals surface area contributed by atoms with Gasteiger partial charge in [0.15, 0.2) is 0 Å². The van der Waals surface area contributed by atoms with E-state index in [1.165, 1.54) is 0 Å². The quantitative estimate of drug-likeness (QED) is 0.908. The Morgan fingerprint density at radius 3 is 2.42 bits per heavy atom. The number of hydrogen-bond donors (Lipinski definition) is 1. The smallest absolute Gasteiger partial charge is 0.119 e. The molecule has 1 atom stereocenters. The number of aryl methyl sites for hydroxylation is 1. The van der Waals surface area contributed by atoms with Crippen molar-refractivity contribution < 1.29 is 4.74 Å². The van der Waals surface area contributed by atoms with Crippen molar-refractivity contribution in [3.63, 3.8) is 0 Å². The third-order valence-electron chi connectivity index (χ3n) is 2.86. The fraction of sp³-hybridized carbons (Fsp3) is 0.200. The van der Waals surface area contributed by atoms with E-state index in [9.17, 15) is 0 Å². The number of benzene rings is 2. The highest BCUT2D eigenvalue weighted by Gasteiger charge is 2.07. The summed E-state index contributed by atoms with van der Waals surface area (Å²) in [6.07, 6.45) is 0. The van der Waals surface area contributed by atoms with Gasteiger partial charge < -0.3 is 10.5 Å². The van der Waals surface area contributed by atoms with Crippen LogP contribution in [0.25, 0.3) is 0 Å². The van der Waals surface area contributed by atoms with Crippen LogP contribution < -0.4 is 10.5 Å². The van der Waals surface area contributed by atoms with Crippen molar-refractivity contribution in [2.75, 3.05) is 6.61 Å². The third-order valence-corrected chi connectivity index (χ3v) is 3.53. The van der Waals surface area contributed by atoms with E-state index in [0.717, 1.165) is 21.9 Å². The van der Waals surface area contributed by atoms with Gasteiger partial charge in [-0.15, -0.1) is 0 Å². The van der Waals surface area contributed by atoms with Crippen molar-refractivity contribution >= 4 is 23.2 Å². The Bertz CT molecular complexity index is 555. The van der Waals surface area contributed by atoms with Gasteiger partial charge in [-0.05, 0) is 48.4 Å². The monoisotopic (exact) mass is 295 g/mol. The topological polar surface area (TPSA) is 35.2 Å². The zero-order chi connectivity index (χ0) is 13.8. The van der Waals surface area contributed by atoms with Crippen LogP contribution in [0.2, 0.25) is 10.0 Å². The molecular weight excluding hydrogens is 281 g/mol. The van der Waals surface area contributed by atoms with E-state index in [2.05, 4.69) is 0 Å². The van der Waals surface area contributed by atoms with E-state index in [0.29, 0.717) is 11.6 Å². The van der Waals surface area contributed by atoms with Gasteiger partial charge in [0.2, 0.25) is 0 Å². The van der Waals surface area contributed by atoms with Crippen LogP contribution in [0.4, 0.5) is 0 Å². The Hall–Kier alpha value is -1.22. The number of ether oxygens (including phenoxy) is 1. The molecule has 0 radical (unpaired) electrons. The average Bonchev–Trinajstić information content (AvgIpc) is 2.40. The summed E-state index contributed by atoms with van der Waals surface area (Å²) >= 11 is 11.8. The Labute approximate surface area is 123 Å². The van der Waals surface area contributed by atoms with Crippen molar-refractivity contribution in [2.24, 2.45) is 5.73 Å². The van der Waals surface area contributed by atoms with Gasteiger partial charge in [-0.25, -0.2) is 0 Å². The zero-order valence-electron chi connectivity index (χ0n) is 10.6. The number of halogens is 2. The number of hydrogen-bond acceptors (Lipinski definition) is 2. The van der Waals surface area contributed by atoms with E-state index in [-0.39, 0.29) is 6.04 Å². The van der Waals surface area contributed by atoms with Crippen molar-refractivity contribution in [2.45, 2.75) is 13.0 Å². The summed E-state index contributed by atoms with van der Waals surface area (Å²) in [6, 6.07) is 12.8. The first-order chi connectivity index (χ1) is 9.06. The van der Waals surface area contributed by atoms with Gasteiger partial charge in [-0.2, -0.15) is 0 Å². The summed E-state index contributed by atoms with van der Waals surface area (Å²) in [6.45, 7) is 2.34. The van der Waals surface area contributed by atoms with Crippen LogP contribution >= 0.6 is 23.2 Å². The molecule has 0 aliphatic carbocycles. The fourth-order valence-corrected chi connectivity index (χ4v) is 1.94. The molecule has 0 aliphatic heterocycles. The molecule has 0 aliphatic rings. The summed E-state index contributed by atoms with van der Waals surface area (Å²) in [5.74, 6) is 0.770. The molecule has 0 aromatic heterocycles. The molecule has 0 amide bonds. The minimum atomic E-state index is -0.187. The van der Waals surface area contributed by atoms with Crippen LogP contribution in [0.1, 0.15) is 17.2 Å². The molecule has 0 saturated carbocycles. The SMILES string of the molecule is Cc1cc(OCC(N)c2ccc(Cl)cc2)ccc1Cl. The van der Waals surface area contributed by atoms with Crippen LogP contribution in [-0.4, -0.2) is 6.61 Å². The molecule has 2 rings (SSSR count). The first-order valence-corrected chi connectivity index (χ1v) is 6.72. The molecule has 1 unspecified atom stereocenters. The average molecular weight is 296 g/mol. The second-order valence-corrected chi connectivity index (χ2v) is 5.22. The summed E-state index contributed by atoms with van der Waals surface area (Å²) in [5.41, 5.74) is 8.05.